The van der Waals surface area contributed by atoms with Gasteiger partial charge in [-0.3, -0.25) is 0 Å². The fourth-order valence-electron chi connectivity index (χ4n) is 8.43. The molecule has 0 saturated heterocycles. The van der Waals surface area contributed by atoms with E-state index in [1.54, 1.807) is 0 Å². The number of hydrogen-bond donors (Lipinski definition) is 0. The van der Waals surface area contributed by atoms with Crippen molar-refractivity contribution in [2.24, 2.45) is 0 Å². The standard InChI is InChI=1S/C49H35N/c1-49(36-16-6-3-7-17-36)30-28-37(29-31-49)50-45-23-13-12-22-42(45)47-46-40-20-10-8-18-38(40)43(32-44(46)39-19-9-11-21-41(39)48(47)50)35-26-24-34(25-27-35)33-14-4-2-5-15-33/h2-30,32H,31H2,1H3. The molecule has 0 fully saturated rings. The van der Waals surface area contributed by atoms with Crippen LogP contribution < -0.4 is 0 Å². The second kappa shape index (κ2) is 11.2. The maximum atomic E-state index is 2.53. The number of aromatic nitrogens is 1. The summed E-state index contributed by atoms with van der Waals surface area (Å²) in [4.78, 5) is 0. The summed E-state index contributed by atoms with van der Waals surface area (Å²) in [5.74, 6) is 0. The molecule has 1 aliphatic rings. The van der Waals surface area contributed by atoms with E-state index in [-0.39, 0.29) is 5.41 Å². The van der Waals surface area contributed by atoms with Gasteiger partial charge in [-0.05, 0) is 74.0 Å². The molecule has 8 aromatic carbocycles. The normalized spacial score (nSPS) is 16.1. The molecule has 1 aliphatic carbocycles. The van der Waals surface area contributed by atoms with Crippen LogP contribution in [0.5, 0.6) is 0 Å². The first kappa shape index (κ1) is 28.8. The molecular weight excluding hydrogens is 603 g/mol. The number of allylic oxidation sites excluding steroid dienone is 4. The van der Waals surface area contributed by atoms with E-state index in [4.69, 9.17) is 0 Å². The van der Waals surface area contributed by atoms with Gasteiger partial charge in [-0.25, -0.2) is 0 Å². The molecule has 0 saturated carbocycles. The van der Waals surface area contributed by atoms with E-state index in [1.165, 1.54) is 87.6 Å². The summed E-state index contributed by atoms with van der Waals surface area (Å²) in [7, 11) is 0. The third-order valence-electron chi connectivity index (χ3n) is 11.0. The Bertz CT molecular complexity index is 2820. The lowest BCUT2D eigenvalue weighted by Gasteiger charge is -2.29. The molecular formula is C49H35N. The van der Waals surface area contributed by atoms with Gasteiger partial charge in [0.05, 0.1) is 11.0 Å². The molecule has 236 valence electrons. The summed E-state index contributed by atoms with van der Waals surface area (Å²) < 4.78 is 2.53. The Hall–Kier alpha value is -6.18. The van der Waals surface area contributed by atoms with Crippen molar-refractivity contribution in [1.82, 2.24) is 4.57 Å². The first-order valence-electron chi connectivity index (χ1n) is 17.6. The van der Waals surface area contributed by atoms with Gasteiger partial charge in [-0.1, -0.05) is 171 Å². The van der Waals surface area contributed by atoms with Crippen molar-refractivity contribution < 1.29 is 0 Å². The molecule has 0 bridgehead atoms. The van der Waals surface area contributed by atoms with Crippen LogP contribution in [0.4, 0.5) is 0 Å². The highest BCUT2D eigenvalue weighted by atomic mass is 15.0. The van der Waals surface area contributed by atoms with Gasteiger partial charge < -0.3 is 4.57 Å². The van der Waals surface area contributed by atoms with E-state index < -0.39 is 0 Å². The maximum absolute atomic E-state index is 2.53. The van der Waals surface area contributed by atoms with Crippen LogP contribution in [0, 0.1) is 0 Å². The number of para-hydroxylation sites is 1. The van der Waals surface area contributed by atoms with Crippen molar-refractivity contribution in [3.05, 3.63) is 188 Å². The molecule has 0 aliphatic heterocycles. The molecule has 1 aromatic heterocycles. The summed E-state index contributed by atoms with van der Waals surface area (Å²) in [6.45, 7) is 2.35. The van der Waals surface area contributed by atoms with Crippen LogP contribution in [0.1, 0.15) is 18.9 Å². The molecule has 1 heteroatoms. The van der Waals surface area contributed by atoms with Gasteiger partial charge in [0.15, 0.2) is 0 Å². The molecule has 10 rings (SSSR count). The first-order valence-corrected chi connectivity index (χ1v) is 17.6. The lowest BCUT2D eigenvalue weighted by molar-refractivity contribution is 0.599. The molecule has 0 amide bonds. The Kier molecular flexibility index (Phi) is 6.44. The SMILES string of the molecule is CC1(c2ccccc2)C=CC(n2c3ccccc3c3c4c5ccccc5c(-c5ccc(-c6ccccc6)cc5)cc4c4ccccc4c32)=CC1. The van der Waals surface area contributed by atoms with Crippen molar-refractivity contribution in [3.63, 3.8) is 0 Å². The largest absolute Gasteiger partial charge is 0.309 e. The Morgan fingerprint density at radius 1 is 0.480 bits per heavy atom. The molecule has 1 nitrogen and oxygen atoms in total. The van der Waals surface area contributed by atoms with E-state index >= 15 is 0 Å². The summed E-state index contributed by atoms with van der Waals surface area (Å²) in [6, 6.07) is 60.0. The lowest BCUT2D eigenvalue weighted by atomic mass is 9.77. The monoisotopic (exact) mass is 637 g/mol. The van der Waals surface area contributed by atoms with Crippen LogP contribution >= 0.6 is 0 Å². The van der Waals surface area contributed by atoms with E-state index in [1.807, 2.05) is 0 Å². The minimum atomic E-state index is -0.0375. The van der Waals surface area contributed by atoms with E-state index in [2.05, 4.69) is 194 Å². The molecule has 1 unspecified atom stereocenters. The van der Waals surface area contributed by atoms with E-state index in [0.717, 1.165) is 6.42 Å². The fraction of sp³-hybridized carbons (Fsp3) is 0.0612. The maximum Gasteiger partial charge on any atom is 0.0626 e. The minimum absolute atomic E-state index is 0.0375. The van der Waals surface area contributed by atoms with Gasteiger partial charge in [-0.15, -0.1) is 0 Å². The summed E-state index contributed by atoms with van der Waals surface area (Å²) >= 11 is 0. The number of fused-ring (bicyclic) bond motifs is 10. The molecule has 0 radical (unpaired) electrons. The van der Waals surface area contributed by atoms with Gasteiger partial charge in [0.1, 0.15) is 0 Å². The van der Waals surface area contributed by atoms with Crippen molar-refractivity contribution in [2.45, 2.75) is 18.8 Å². The van der Waals surface area contributed by atoms with Gasteiger partial charge in [0.2, 0.25) is 0 Å². The molecule has 1 atom stereocenters. The van der Waals surface area contributed by atoms with Gasteiger partial charge in [-0.2, -0.15) is 0 Å². The Labute approximate surface area is 292 Å². The highest BCUT2D eigenvalue weighted by Gasteiger charge is 2.27. The molecule has 50 heavy (non-hydrogen) atoms. The first-order chi connectivity index (χ1) is 24.7. The summed E-state index contributed by atoms with van der Waals surface area (Å²) in [5, 5.41) is 10.3. The van der Waals surface area contributed by atoms with Gasteiger partial charge in [0.25, 0.3) is 0 Å². The average molecular weight is 638 g/mol. The number of nitrogens with zero attached hydrogens (tertiary/aromatic N) is 1. The van der Waals surface area contributed by atoms with Crippen LogP contribution in [0.15, 0.2) is 182 Å². The average Bonchev–Trinajstić information content (AvgIpc) is 3.54. The topological polar surface area (TPSA) is 4.93 Å². The highest BCUT2D eigenvalue weighted by molar-refractivity contribution is 6.38. The Balaban J connectivity index is 1.26. The van der Waals surface area contributed by atoms with Crippen LogP contribution in [0.2, 0.25) is 0 Å². The van der Waals surface area contributed by atoms with Gasteiger partial charge in [0, 0.05) is 32.7 Å². The van der Waals surface area contributed by atoms with Crippen LogP contribution in [0.3, 0.4) is 0 Å². The molecule has 1 heterocycles. The Morgan fingerprint density at radius 3 is 1.78 bits per heavy atom. The zero-order valence-corrected chi connectivity index (χ0v) is 28.0. The van der Waals surface area contributed by atoms with E-state index in [9.17, 15) is 0 Å². The fourth-order valence-corrected chi connectivity index (χ4v) is 8.43. The minimum Gasteiger partial charge on any atom is -0.309 e. The third kappa shape index (κ3) is 4.33. The van der Waals surface area contributed by atoms with Crippen LogP contribution in [-0.4, -0.2) is 4.57 Å². The molecule has 9 aromatic rings. The molecule has 0 spiro atoms. The van der Waals surface area contributed by atoms with Crippen LogP contribution in [0.25, 0.3) is 82.1 Å². The number of benzene rings is 8. The highest BCUT2D eigenvalue weighted by Crippen LogP contribution is 2.47. The van der Waals surface area contributed by atoms with Gasteiger partial charge >= 0.3 is 0 Å². The zero-order valence-electron chi connectivity index (χ0n) is 28.0. The molecule has 0 N–H and O–H groups in total. The van der Waals surface area contributed by atoms with Crippen LogP contribution in [-0.2, 0) is 5.41 Å². The number of rotatable bonds is 4. The van der Waals surface area contributed by atoms with Crippen molar-refractivity contribution in [2.75, 3.05) is 0 Å². The summed E-state index contributed by atoms with van der Waals surface area (Å²) in [6.07, 6.45) is 8.14. The number of hydrogen-bond acceptors (Lipinski definition) is 0. The quantitative estimate of drug-likeness (QED) is 0.169. The van der Waals surface area contributed by atoms with E-state index in [0.29, 0.717) is 0 Å². The van der Waals surface area contributed by atoms with Crippen molar-refractivity contribution in [1.29, 1.82) is 0 Å². The second-order valence-corrected chi connectivity index (χ2v) is 13.9. The smallest absolute Gasteiger partial charge is 0.0626 e. The predicted octanol–water partition coefficient (Wildman–Crippen LogP) is 13.3. The second-order valence-electron chi connectivity index (χ2n) is 13.9. The van der Waals surface area contributed by atoms with Crippen molar-refractivity contribution in [3.8, 4) is 22.3 Å². The lowest BCUT2D eigenvalue weighted by Crippen LogP contribution is -2.20. The van der Waals surface area contributed by atoms with Crippen molar-refractivity contribution >= 4 is 59.8 Å². The third-order valence-corrected chi connectivity index (χ3v) is 11.0. The summed E-state index contributed by atoms with van der Waals surface area (Å²) in [5.41, 5.74) is 10.0. The Morgan fingerprint density at radius 2 is 1.06 bits per heavy atom. The predicted molar refractivity (Wildman–Crippen MR) is 215 cm³/mol. The zero-order chi connectivity index (χ0) is 33.2.